The Labute approximate surface area is 68.6 Å². The first-order valence-electron chi connectivity index (χ1n) is 3.86. The molecule has 2 heteroatoms. The molecule has 10 heavy (non-hydrogen) atoms. The van der Waals surface area contributed by atoms with E-state index in [1.165, 1.54) is 0 Å². The quantitative estimate of drug-likeness (QED) is 0.626. The molecule has 0 unspecified atom stereocenters. The lowest BCUT2D eigenvalue weighted by Crippen LogP contribution is -2.24. The second kappa shape index (κ2) is 4.02. The van der Waals surface area contributed by atoms with E-state index in [0.29, 0.717) is 0 Å². The van der Waals surface area contributed by atoms with Crippen molar-refractivity contribution in [2.45, 2.75) is 40.0 Å². The maximum atomic E-state index is 11.0. The summed E-state index contributed by atoms with van der Waals surface area (Å²) in [6.45, 7) is 6.13. The zero-order valence-corrected chi connectivity index (χ0v) is 7.87. The maximum absolute atomic E-state index is 11.0. The zero-order chi connectivity index (χ0) is 8.20. The van der Waals surface area contributed by atoms with E-state index in [1.54, 1.807) is 0 Å². The van der Waals surface area contributed by atoms with Gasteiger partial charge in [-0.1, -0.05) is 20.8 Å². The van der Waals surface area contributed by atoms with Crippen LogP contribution in [0.1, 0.15) is 40.0 Å². The molecular weight excluding hydrogens is 144 g/mol. The van der Waals surface area contributed by atoms with E-state index in [1.807, 2.05) is 20.8 Å². The molecule has 0 radical (unpaired) electrons. The third kappa shape index (κ3) is 1.75. The van der Waals surface area contributed by atoms with Gasteiger partial charge < -0.3 is 0 Å². The van der Waals surface area contributed by atoms with Gasteiger partial charge in [-0.05, 0) is 19.3 Å². The average Bonchev–Trinajstić information content (AvgIpc) is 1.92. The molecule has 1 nitrogen and oxygen atoms in total. The molecule has 0 aliphatic carbocycles. The van der Waals surface area contributed by atoms with Gasteiger partial charge in [-0.2, -0.15) is 0 Å². The number of carbonyl (C=O) groups is 1. The minimum atomic E-state index is -0.150. The van der Waals surface area contributed by atoms with Crippen molar-refractivity contribution >= 4 is 17.7 Å². The minimum absolute atomic E-state index is 0.0417. The monoisotopic (exact) mass is 160 g/mol. The number of carbonyl (C=O) groups excluding carboxylic acids is 1. The summed E-state index contributed by atoms with van der Waals surface area (Å²) < 4.78 is 0. The Bertz CT molecular complexity index is 108. The molecule has 0 bridgehead atoms. The highest BCUT2D eigenvalue weighted by atomic mass is 32.1. The second-order valence-electron chi connectivity index (χ2n) is 2.65. The van der Waals surface area contributed by atoms with Crippen LogP contribution < -0.4 is 0 Å². The predicted molar refractivity (Wildman–Crippen MR) is 47.3 cm³/mol. The molecule has 0 heterocycles. The fraction of sp³-hybridized carbons (Fsp3) is 0.875. The van der Waals surface area contributed by atoms with E-state index in [4.69, 9.17) is 0 Å². The van der Waals surface area contributed by atoms with Crippen molar-refractivity contribution in [1.82, 2.24) is 0 Å². The Hall–Kier alpha value is 0.0200. The molecule has 0 amide bonds. The lowest BCUT2D eigenvalue weighted by molar-refractivity contribution is -0.120. The van der Waals surface area contributed by atoms with E-state index >= 15 is 0 Å². The third-order valence-electron chi connectivity index (χ3n) is 2.48. The Morgan fingerprint density at radius 1 is 1.20 bits per heavy atom. The number of rotatable bonds is 4. The summed E-state index contributed by atoms with van der Waals surface area (Å²) in [6, 6.07) is 0. The Morgan fingerprint density at radius 3 is 1.50 bits per heavy atom. The fourth-order valence-electron chi connectivity index (χ4n) is 1.20. The van der Waals surface area contributed by atoms with Crippen LogP contribution in [0.2, 0.25) is 0 Å². The van der Waals surface area contributed by atoms with Crippen molar-refractivity contribution in [1.29, 1.82) is 0 Å². The summed E-state index contributed by atoms with van der Waals surface area (Å²) in [4.78, 5) is 11.0. The van der Waals surface area contributed by atoms with Gasteiger partial charge in [-0.3, -0.25) is 4.79 Å². The lowest BCUT2D eigenvalue weighted by atomic mass is 9.81. The van der Waals surface area contributed by atoms with Crippen molar-refractivity contribution in [3.8, 4) is 0 Å². The van der Waals surface area contributed by atoms with E-state index in [9.17, 15) is 4.79 Å². The van der Waals surface area contributed by atoms with Crippen molar-refractivity contribution in [2.75, 3.05) is 0 Å². The molecule has 0 aliphatic heterocycles. The van der Waals surface area contributed by atoms with Gasteiger partial charge in [0, 0.05) is 5.41 Å². The van der Waals surface area contributed by atoms with Crippen LogP contribution in [-0.2, 0) is 4.79 Å². The molecule has 0 aromatic rings. The number of hydrogen-bond acceptors (Lipinski definition) is 1. The average molecular weight is 160 g/mol. The number of hydrogen-bond donors (Lipinski definition) is 1. The van der Waals surface area contributed by atoms with Crippen LogP contribution in [0.3, 0.4) is 0 Å². The Morgan fingerprint density at radius 2 is 1.50 bits per heavy atom. The van der Waals surface area contributed by atoms with E-state index in [2.05, 4.69) is 12.6 Å². The van der Waals surface area contributed by atoms with Crippen molar-refractivity contribution in [2.24, 2.45) is 5.41 Å². The number of thiol groups is 1. The first-order valence-corrected chi connectivity index (χ1v) is 4.31. The van der Waals surface area contributed by atoms with E-state index in [-0.39, 0.29) is 10.5 Å². The second-order valence-corrected chi connectivity index (χ2v) is 3.05. The zero-order valence-electron chi connectivity index (χ0n) is 6.98. The van der Waals surface area contributed by atoms with Gasteiger partial charge in [-0.15, -0.1) is 12.6 Å². The van der Waals surface area contributed by atoms with Crippen LogP contribution in [0.25, 0.3) is 0 Å². The molecule has 60 valence electrons. The lowest BCUT2D eigenvalue weighted by Gasteiger charge is -2.25. The summed E-state index contributed by atoms with van der Waals surface area (Å²) in [7, 11) is 0. The van der Waals surface area contributed by atoms with Gasteiger partial charge in [0.25, 0.3) is 0 Å². The van der Waals surface area contributed by atoms with Gasteiger partial charge in [0.1, 0.15) is 0 Å². The SMILES string of the molecule is CCC(CC)(CC)C(=O)S. The summed E-state index contributed by atoms with van der Waals surface area (Å²) in [5.41, 5.74) is -0.150. The van der Waals surface area contributed by atoms with Crippen LogP contribution in [0.15, 0.2) is 0 Å². The molecule has 0 saturated heterocycles. The molecule has 0 atom stereocenters. The predicted octanol–water partition coefficient (Wildman–Crippen LogP) is 2.66. The Balaban J connectivity index is 4.31. The van der Waals surface area contributed by atoms with E-state index < -0.39 is 0 Å². The smallest absolute Gasteiger partial charge is 0.192 e. The molecule has 0 spiro atoms. The molecule has 0 aromatic carbocycles. The summed E-state index contributed by atoms with van der Waals surface area (Å²) in [6.07, 6.45) is 2.72. The summed E-state index contributed by atoms with van der Waals surface area (Å²) in [5, 5.41) is 0.0417. The first-order chi connectivity index (χ1) is 4.63. The molecule has 0 aliphatic rings. The topological polar surface area (TPSA) is 17.1 Å². The van der Waals surface area contributed by atoms with Crippen LogP contribution in [0, 0.1) is 5.41 Å². The molecule has 0 saturated carbocycles. The first kappa shape index (κ1) is 10.0. The highest BCUT2D eigenvalue weighted by Crippen LogP contribution is 2.32. The van der Waals surface area contributed by atoms with Crippen molar-refractivity contribution in [3.05, 3.63) is 0 Å². The largest absolute Gasteiger partial charge is 0.287 e. The molecule has 0 fully saturated rings. The van der Waals surface area contributed by atoms with Crippen LogP contribution in [-0.4, -0.2) is 5.12 Å². The van der Waals surface area contributed by atoms with Crippen molar-refractivity contribution < 1.29 is 4.79 Å². The van der Waals surface area contributed by atoms with Gasteiger partial charge in [-0.25, -0.2) is 0 Å². The van der Waals surface area contributed by atoms with Crippen molar-refractivity contribution in [3.63, 3.8) is 0 Å². The highest BCUT2D eigenvalue weighted by molar-refractivity contribution is 7.96. The van der Waals surface area contributed by atoms with Gasteiger partial charge in [0.15, 0.2) is 5.12 Å². The third-order valence-corrected chi connectivity index (χ3v) is 2.96. The van der Waals surface area contributed by atoms with Gasteiger partial charge >= 0.3 is 0 Å². The normalized spacial score (nSPS) is 11.6. The molecular formula is C8H16OS. The maximum Gasteiger partial charge on any atom is 0.192 e. The summed E-state index contributed by atoms with van der Waals surface area (Å²) in [5.74, 6) is 0. The fourth-order valence-corrected chi connectivity index (χ4v) is 1.68. The molecule has 0 aromatic heterocycles. The van der Waals surface area contributed by atoms with Crippen LogP contribution in [0.4, 0.5) is 0 Å². The van der Waals surface area contributed by atoms with Crippen LogP contribution in [0.5, 0.6) is 0 Å². The van der Waals surface area contributed by atoms with Gasteiger partial charge in [0.05, 0.1) is 0 Å². The molecule has 0 rings (SSSR count). The summed E-state index contributed by atoms with van der Waals surface area (Å²) >= 11 is 3.88. The minimum Gasteiger partial charge on any atom is -0.287 e. The van der Waals surface area contributed by atoms with Crippen LogP contribution >= 0.6 is 12.6 Å². The van der Waals surface area contributed by atoms with Gasteiger partial charge in [0.2, 0.25) is 0 Å². The Kier molecular flexibility index (Phi) is 4.02. The van der Waals surface area contributed by atoms with E-state index in [0.717, 1.165) is 19.3 Å². The standard InChI is InChI=1S/C8H16OS/c1-4-8(5-2,6-3)7(9)10/h4-6H2,1-3H3,(H,9,10). The molecule has 0 N–H and O–H groups in total. The highest BCUT2D eigenvalue weighted by Gasteiger charge is 2.29.